The highest BCUT2D eigenvalue weighted by Crippen LogP contribution is 2.19. The van der Waals surface area contributed by atoms with Gasteiger partial charge in [0, 0.05) is 31.7 Å². The van der Waals surface area contributed by atoms with Crippen LogP contribution in [0, 0.1) is 5.82 Å². The van der Waals surface area contributed by atoms with Crippen LogP contribution in [0.3, 0.4) is 0 Å². The van der Waals surface area contributed by atoms with E-state index in [9.17, 15) is 4.39 Å². The Morgan fingerprint density at radius 2 is 1.78 bits per heavy atom. The van der Waals surface area contributed by atoms with Gasteiger partial charge in [0.2, 0.25) is 0 Å². The summed E-state index contributed by atoms with van der Waals surface area (Å²) < 4.78 is 12.7. The van der Waals surface area contributed by atoms with E-state index in [0.29, 0.717) is 6.04 Å². The molecule has 1 saturated heterocycles. The van der Waals surface area contributed by atoms with Gasteiger partial charge in [-0.1, -0.05) is 0 Å². The van der Waals surface area contributed by atoms with Gasteiger partial charge in [0.25, 0.3) is 5.97 Å². The Kier molecular flexibility index (Phi) is 5.58. The van der Waals surface area contributed by atoms with Gasteiger partial charge in [-0.25, -0.2) is 4.39 Å². The van der Waals surface area contributed by atoms with Crippen molar-refractivity contribution in [2.75, 3.05) is 18.0 Å². The molecule has 4 nitrogen and oxygen atoms in total. The van der Waals surface area contributed by atoms with E-state index in [-0.39, 0.29) is 5.82 Å². The number of nitrogens with zero attached hydrogens (tertiary/aromatic N) is 1. The Balaban J connectivity index is 0.000000357. The average Bonchev–Trinajstić information content (AvgIpc) is 2.31. The van der Waals surface area contributed by atoms with Gasteiger partial charge < -0.3 is 15.7 Å². The largest absolute Gasteiger partial charge is 0.481 e. The molecular weight excluding hydrogens is 235 g/mol. The van der Waals surface area contributed by atoms with E-state index in [1.165, 1.54) is 12.1 Å². The SMILES string of the molecule is CC(=O)O.NC1CCN(c2ccc(F)cc2)CC1. The number of hydrogen-bond acceptors (Lipinski definition) is 3. The molecule has 0 saturated carbocycles. The van der Waals surface area contributed by atoms with Crippen LogP contribution < -0.4 is 10.6 Å². The average molecular weight is 254 g/mol. The number of rotatable bonds is 1. The highest BCUT2D eigenvalue weighted by molar-refractivity contribution is 5.62. The minimum Gasteiger partial charge on any atom is -0.481 e. The molecule has 0 unspecified atom stereocenters. The number of carboxylic acids is 1. The summed E-state index contributed by atoms with van der Waals surface area (Å²) in [5.41, 5.74) is 6.91. The maximum atomic E-state index is 12.7. The number of piperidine rings is 1. The maximum Gasteiger partial charge on any atom is 0.300 e. The summed E-state index contributed by atoms with van der Waals surface area (Å²) in [6, 6.07) is 7.00. The first-order valence-corrected chi connectivity index (χ1v) is 5.94. The second-order valence-corrected chi connectivity index (χ2v) is 4.32. The molecule has 1 heterocycles. The molecule has 0 atom stereocenters. The van der Waals surface area contributed by atoms with Crippen molar-refractivity contribution in [2.45, 2.75) is 25.8 Å². The summed E-state index contributed by atoms with van der Waals surface area (Å²) in [6.07, 6.45) is 2.05. The molecule has 3 N–H and O–H groups in total. The molecule has 1 aromatic carbocycles. The molecule has 5 heteroatoms. The van der Waals surface area contributed by atoms with Crippen LogP contribution in [0.25, 0.3) is 0 Å². The Bertz CT molecular complexity index is 369. The zero-order valence-electron chi connectivity index (χ0n) is 10.5. The summed E-state index contributed by atoms with van der Waals surface area (Å²) in [6.45, 7) is 3.04. The number of aliphatic carboxylic acids is 1. The van der Waals surface area contributed by atoms with Crippen LogP contribution in [0.15, 0.2) is 24.3 Å². The fraction of sp³-hybridized carbons (Fsp3) is 0.462. The number of carboxylic acid groups (broad SMARTS) is 1. The molecule has 0 amide bonds. The smallest absolute Gasteiger partial charge is 0.300 e. The molecule has 0 aliphatic carbocycles. The van der Waals surface area contributed by atoms with Crippen molar-refractivity contribution in [1.82, 2.24) is 0 Å². The van der Waals surface area contributed by atoms with Gasteiger partial charge in [0.05, 0.1) is 0 Å². The van der Waals surface area contributed by atoms with E-state index in [2.05, 4.69) is 4.90 Å². The maximum absolute atomic E-state index is 12.7. The standard InChI is InChI=1S/C11H15FN2.C2H4O2/c12-9-1-3-11(4-2-9)14-7-5-10(13)6-8-14;1-2(3)4/h1-4,10H,5-8,13H2;1H3,(H,3,4). The van der Waals surface area contributed by atoms with Crippen LogP contribution in [-0.4, -0.2) is 30.2 Å². The zero-order valence-corrected chi connectivity index (χ0v) is 10.5. The lowest BCUT2D eigenvalue weighted by Crippen LogP contribution is -2.39. The van der Waals surface area contributed by atoms with E-state index in [4.69, 9.17) is 15.6 Å². The Morgan fingerprint density at radius 1 is 1.33 bits per heavy atom. The Hall–Kier alpha value is -1.62. The number of nitrogens with two attached hydrogens (primary N) is 1. The molecular formula is C13H19FN2O2. The third kappa shape index (κ3) is 5.14. The van der Waals surface area contributed by atoms with E-state index in [0.717, 1.165) is 38.5 Å². The zero-order chi connectivity index (χ0) is 13.5. The van der Waals surface area contributed by atoms with Gasteiger partial charge in [-0.3, -0.25) is 4.79 Å². The van der Waals surface area contributed by atoms with Crippen LogP contribution in [-0.2, 0) is 4.79 Å². The first-order chi connectivity index (χ1) is 8.49. The minimum atomic E-state index is -0.833. The number of anilines is 1. The summed E-state index contributed by atoms with van der Waals surface area (Å²) >= 11 is 0. The quantitative estimate of drug-likeness (QED) is 0.802. The van der Waals surface area contributed by atoms with Crippen molar-refractivity contribution in [2.24, 2.45) is 5.73 Å². The normalized spacial score (nSPS) is 15.8. The topological polar surface area (TPSA) is 66.6 Å². The summed E-state index contributed by atoms with van der Waals surface area (Å²) in [7, 11) is 0. The van der Waals surface area contributed by atoms with Gasteiger partial charge in [0.15, 0.2) is 0 Å². The van der Waals surface area contributed by atoms with Crippen molar-refractivity contribution < 1.29 is 14.3 Å². The van der Waals surface area contributed by atoms with Gasteiger partial charge in [-0.05, 0) is 37.1 Å². The first kappa shape index (κ1) is 14.4. The third-order valence-electron chi connectivity index (χ3n) is 2.73. The first-order valence-electron chi connectivity index (χ1n) is 5.94. The van der Waals surface area contributed by atoms with Crippen LogP contribution in [0.1, 0.15) is 19.8 Å². The van der Waals surface area contributed by atoms with Crippen molar-refractivity contribution in [3.8, 4) is 0 Å². The van der Waals surface area contributed by atoms with Gasteiger partial charge >= 0.3 is 0 Å². The number of halogens is 1. The highest BCUT2D eigenvalue weighted by atomic mass is 19.1. The molecule has 1 aromatic rings. The Morgan fingerprint density at radius 3 is 2.22 bits per heavy atom. The molecule has 1 fully saturated rings. The van der Waals surface area contributed by atoms with Gasteiger partial charge in [0.1, 0.15) is 5.82 Å². The van der Waals surface area contributed by atoms with Gasteiger partial charge in [-0.15, -0.1) is 0 Å². The monoisotopic (exact) mass is 254 g/mol. The van der Waals surface area contributed by atoms with Crippen molar-refractivity contribution in [3.05, 3.63) is 30.1 Å². The summed E-state index contributed by atoms with van der Waals surface area (Å²) in [5, 5.41) is 7.42. The number of benzene rings is 1. The fourth-order valence-corrected chi connectivity index (χ4v) is 1.81. The van der Waals surface area contributed by atoms with E-state index >= 15 is 0 Å². The van der Waals surface area contributed by atoms with E-state index in [1.54, 1.807) is 0 Å². The molecule has 2 rings (SSSR count). The minimum absolute atomic E-state index is 0.178. The molecule has 100 valence electrons. The highest BCUT2D eigenvalue weighted by Gasteiger charge is 2.15. The predicted molar refractivity (Wildman–Crippen MR) is 69.1 cm³/mol. The predicted octanol–water partition coefficient (Wildman–Crippen LogP) is 1.84. The molecule has 0 aromatic heterocycles. The summed E-state index contributed by atoms with van der Waals surface area (Å²) in [5.74, 6) is -1.01. The van der Waals surface area contributed by atoms with Crippen LogP contribution in [0.2, 0.25) is 0 Å². The van der Waals surface area contributed by atoms with Crippen LogP contribution in [0.5, 0.6) is 0 Å². The summed E-state index contributed by atoms with van der Waals surface area (Å²) in [4.78, 5) is 11.3. The molecule has 1 aliphatic rings. The number of carbonyl (C=O) groups is 1. The molecule has 18 heavy (non-hydrogen) atoms. The second kappa shape index (κ2) is 6.96. The van der Waals surface area contributed by atoms with Crippen LogP contribution >= 0.6 is 0 Å². The van der Waals surface area contributed by atoms with E-state index < -0.39 is 5.97 Å². The van der Waals surface area contributed by atoms with E-state index in [1.807, 2.05) is 12.1 Å². The lowest BCUT2D eigenvalue weighted by Gasteiger charge is -2.31. The van der Waals surface area contributed by atoms with Crippen molar-refractivity contribution >= 4 is 11.7 Å². The number of hydrogen-bond donors (Lipinski definition) is 2. The lowest BCUT2D eigenvalue weighted by atomic mass is 10.1. The third-order valence-corrected chi connectivity index (χ3v) is 2.73. The molecule has 0 spiro atoms. The molecule has 0 radical (unpaired) electrons. The second-order valence-electron chi connectivity index (χ2n) is 4.32. The Labute approximate surface area is 106 Å². The molecule has 0 bridgehead atoms. The fourth-order valence-electron chi connectivity index (χ4n) is 1.81. The van der Waals surface area contributed by atoms with Crippen molar-refractivity contribution in [1.29, 1.82) is 0 Å². The van der Waals surface area contributed by atoms with Crippen LogP contribution in [0.4, 0.5) is 10.1 Å². The van der Waals surface area contributed by atoms with Crippen molar-refractivity contribution in [3.63, 3.8) is 0 Å². The lowest BCUT2D eigenvalue weighted by molar-refractivity contribution is -0.134. The molecule has 1 aliphatic heterocycles. The van der Waals surface area contributed by atoms with Gasteiger partial charge in [-0.2, -0.15) is 0 Å².